The lowest BCUT2D eigenvalue weighted by atomic mass is 9.94. The predicted molar refractivity (Wildman–Crippen MR) is 99.7 cm³/mol. The standard InChI is InChI=1S/C20H33F3N2/c1-6-8-18(16(3)4)19(17(5)7-2)15-25-13-11-24(12-14-25)10-9-20(21,22)23/h6,8H,7,9-15H2,1-5H3/b8-6-,19-17+. The van der Waals surface area contributed by atoms with Gasteiger partial charge in [-0.3, -0.25) is 4.90 Å². The first-order valence-electron chi connectivity index (χ1n) is 9.18. The van der Waals surface area contributed by atoms with E-state index in [1.807, 2.05) is 11.8 Å². The van der Waals surface area contributed by atoms with Crippen molar-refractivity contribution >= 4 is 0 Å². The minimum atomic E-state index is -4.06. The van der Waals surface area contributed by atoms with E-state index in [4.69, 9.17) is 0 Å². The van der Waals surface area contributed by atoms with Gasteiger partial charge in [0.1, 0.15) is 0 Å². The van der Waals surface area contributed by atoms with Crippen LogP contribution in [0.2, 0.25) is 0 Å². The molecule has 1 fully saturated rings. The summed E-state index contributed by atoms with van der Waals surface area (Å²) in [6.07, 6.45) is 0.478. The summed E-state index contributed by atoms with van der Waals surface area (Å²) in [5, 5.41) is 0. The highest BCUT2D eigenvalue weighted by Crippen LogP contribution is 2.24. The predicted octanol–water partition coefficient (Wildman–Crippen LogP) is 5.20. The second kappa shape index (κ2) is 10.2. The molecule has 0 bridgehead atoms. The van der Waals surface area contributed by atoms with Crippen LogP contribution in [0.1, 0.15) is 47.5 Å². The van der Waals surface area contributed by atoms with Crippen molar-refractivity contribution in [2.75, 3.05) is 39.3 Å². The zero-order valence-electron chi connectivity index (χ0n) is 16.3. The summed E-state index contributed by atoms with van der Waals surface area (Å²) in [5.41, 5.74) is 5.34. The third-order valence-corrected chi connectivity index (χ3v) is 4.80. The number of halogens is 3. The topological polar surface area (TPSA) is 6.48 Å². The minimum absolute atomic E-state index is 0.117. The van der Waals surface area contributed by atoms with Gasteiger partial charge < -0.3 is 4.90 Å². The van der Waals surface area contributed by atoms with Crippen molar-refractivity contribution in [3.8, 4) is 0 Å². The van der Waals surface area contributed by atoms with Crippen LogP contribution in [0.5, 0.6) is 0 Å². The van der Waals surface area contributed by atoms with E-state index < -0.39 is 12.6 Å². The fourth-order valence-corrected chi connectivity index (χ4v) is 3.08. The maximum absolute atomic E-state index is 12.4. The number of hydrogen-bond donors (Lipinski definition) is 0. The molecule has 0 saturated carbocycles. The molecule has 0 aromatic carbocycles. The van der Waals surface area contributed by atoms with Gasteiger partial charge in [0.2, 0.25) is 0 Å². The third-order valence-electron chi connectivity index (χ3n) is 4.80. The van der Waals surface area contributed by atoms with Crippen LogP contribution in [0.15, 0.2) is 34.4 Å². The molecule has 0 radical (unpaired) electrons. The Kier molecular flexibility index (Phi) is 8.94. The van der Waals surface area contributed by atoms with E-state index in [1.54, 1.807) is 0 Å². The van der Waals surface area contributed by atoms with E-state index >= 15 is 0 Å². The summed E-state index contributed by atoms with van der Waals surface area (Å²) in [6, 6.07) is 0. The lowest BCUT2D eigenvalue weighted by molar-refractivity contribution is -0.138. The Hall–Kier alpha value is -1.07. The summed E-state index contributed by atoms with van der Waals surface area (Å²) < 4.78 is 37.1. The van der Waals surface area contributed by atoms with E-state index in [1.165, 1.54) is 22.3 Å². The summed E-state index contributed by atoms with van der Waals surface area (Å²) >= 11 is 0. The second-order valence-corrected chi connectivity index (χ2v) is 7.01. The summed E-state index contributed by atoms with van der Waals surface area (Å²) in [7, 11) is 0. The fraction of sp³-hybridized carbons (Fsp3) is 0.700. The normalized spacial score (nSPS) is 18.6. The maximum atomic E-state index is 12.4. The molecule has 1 aliphatic rings. The molecule has 0 amide bonds. The highest BCUT2D eigenvalue weighted by atomic mass is 19.4. The first kappa shape index (κ1) is 22.0. The van der Waals surface area contributed by atoms with E-state index in [2.05, 4.69) is 44.7 Å². The van der Waals surface area contributed by atoms with Gasteiger partial charge in [-0.25, -0.2) is 0 Å². The van der Waals surface area contributed by atoms with Gasteiger partial charge in [-0.05, 0) is 45.3 Å². The number of allylic oxidation sites excluding steroid dienone is 4. The smallest absolute Gasteiger partial charge is 0.300 e. The lowest BCUT2D eigenvalue weighted by Gasteiger charge is -2.36. The van der Waals surface area contributed by atoms with Crippen molar-refractivity contribution in [1.82, 2.24) is 9.80 Å². The molecule has 1 heterocycles. The Labute approximate surface area is 151 Å². The zero-order chi connectivity index (χ0) is 19.0. The molecule has 25 heavy (non-hydrogen) atoms. The molecule has 1 aliphatic heterocycles. The van der Waals surface area contributed by atoms with E-state index in [-0.39, 0.29) is 6.54 Å². The molecule has 0 aromatic heterocycles. The molecule has 0 N–H and O–H groups in total. The maximum Gasteiger partial charge on any atom is 0.390 e. The van der Waals surface area contributed by atoms with Gasteiger partial charge in [-0.15, -0.1) is 0 Å². The van der Waals surface area contributed by atoms with Crippen molar-refractivity contribution in [3.05, 3.63) is 34.4 Å². The number of nitrogens with zero attached hydrogens (tertiary/aromatic N) is 2. The highest BCUT2D eigenvalue weighted by molar-refractivity contribution is 5.45. The summed E-state index contributed by atoms with van der Waals surface area (Å²) in [4.78, 5) is 4.29. The Bertz CT molecular complexity index is 504. The molecule has 5 heteroatoms. The van der Waals surface area contributed by atoms with Gasteiger partial charge in [-0.2, -0.15) is 13.2 Å². The molecular weight excluding hydrogens is 325 g/mol. The van der Waals surface area contributed by atoms with Crippen LogP contribution in [0.4, 0.5) is 13.2 Å². The Morgan fingerprint density at radius 3 is 2.00 bits per heavy atom. The van der Waals surface area contributed by atoms with Crippen LogP contribution in [-0.4, -0.2) is 55.2 Å². The second-order valence-electron chi connectivity index (χ2n) is 7.01. The molecule has 0 aliphatic carbocycles. The lowest BCUT2D eigenvalue weighted by Crippen LogP contribution is -2.47. The van der Waals surface area contributed by atoms with Gasteiger partial charge >= 0.3 is 6.18 Å². The first-order valence-corrected chi connectivity index (χ1v) is 9.18. The number of piperazine rings is 1. The molecule has 0 aromatic rings. The SMILES string of the molecule is C/C=C\C(=C(C)C)/C(CN1CCN(CCC(F)(F)F)CC1)=C(\C)CC. The largest absolute Gasteiger partial charge is 0.390 e. The number of hydrogen-bond acceptors (Lipinski definition) is 2. The molecular formula is C20H33F3N2. The van der Waals surface area contributed by atoms with Gasteiger partial charge in [0.05, 0.1) is 6.42 Å². The molecule has 0 atom stereocenters. The molecule has 1 saturated heterocycles. The third kappa shape index (κ3) is 7.78. The Balaban J connectivity index is 2.72. The molecule has 2 nitrogen and oxygen atoms in total. The van der Waals surface area contributed by atoms with Crippen LogP contribution in [0, 0.1) is 0 Å². The number of rotatable bonds is 7. The summed E-state index contributed by atoms with van der Waals surface area (Å²) in [5.74, 6) is 0. The van der Waals surface area contributed by atoms with Crippen molar-refractivity contribution in [3.63, 3.8) is 0 Å². The van der Waals surface area contributed by atoms with Crippen molar-refractivity contribution in [2.24, 2.45) is 0 Å². The number of alkyl halides is 3. The van der Waals surface area contributed by atoms with E-state index in [0.29, 0.717) is 13.1 Å². The van der Waals surface area contributed by atoms with E-state index in [0.717, 1.165) is 26.1 Å². The Morgan fingerprint density at radius 1 is 1.00 bits per heavy atom. The first-order chi connectivity index (χ1) is 11.7. The van der Waals surface area contributed by atoms with Crippen LogP contribution < -0.4 is 0 Å². The van der Waals surface area contributed by atoms with Crippen LogP contribution >= 0.6 is 0 Å². The fourth-order valence-electron chi connectivity index (χ4n) is 3.08. The van der Waals surface area contributed by atoms with Crippen LogP contribution in [0.25, 0.3) is 0 Å². The summed E-state index contributed by atoms with van der Waals surface area (Å²) in [6.45, 7) is 14.7. The molecule has 0 spiro atoms. The molecule has 0 unspecified atom stereocenters. The minimum Gasteiger partial charge on any atom is -0.300 e. The Morgan fingerprint density at radius 2 is 1.56 bits per heavy atom. The van der Waals surface area contributed by atoms with Crippen LogP contribution in [0.3, 0.4) is 0 Å². The van der Waals surface area contributed by atoms with E-state index in [9.17, 15) is 13.2 Å². The van der Waals surface area contributed by atoms with Crippen molar-refractivity contribution in [2.45, 2.75) is 53.6 Å². The monoisotopic (exact) mass is 358 g/mol. The molecule has 1 rings (SSSR count). The average molecular weight is 358 g/mol. The zero-order valence-corrected chi connectivity index (χ0v) is 16.3. The van der Waals surface area contributed by atoms with Crippen molar-refractivity contribution in [1.29, 1.82) is 0 Å². The molecule has 144 valence electrons. The van der Waals surface area contributed by atoms with Crippen molar-refractivity contribution < 1.29 is 13.2 Å². The van der Waals surface area contributed by atoms with Crippen LogP contribution in [-0.2, 0) is 0 Å². The quantitative estimate of drug-likeness (QED) is 0.578. The van der Waals surface area contributed by atoms with Gasteiger partial charge in [0, 0.05) is 39.3 Å². The van der Waals surface area contributed by atoms with Gasteiger partial charge in [0.15, 0.2) is 0 Å². The average Bonchev–Trinajstić information content (AvgIpc) is 2.55. The van der Waals surface area contributed by atoms with Gasteiger partial charge in [-0.1, -0.05) is 30.2 Å². The highest BCUT2D eigenvalue weighted by Gasteiger charge is 2.28. The van der Waals surface area contributed by atoms with Gasteiger partial charge in [0.25, 0.3) is 0 Å².